The molecule has 0 aromatic carbocycles. The Morgan fingerprint density at radius 2 is 1.00 bits per heavy atom. The van der Waals surface area contributed by atoms with Crippen LogP contribution in [0.4, 0.5) is 9.59 Å². The van der Waals surface area contributed by atoms with Crippen molar-refractivity contribution in [2.24, 2.45) is 11.5 Å². The first-order valence-corrected chi connectivity index (χ1v) is 2.85. The summed E-state index contributed by atoms with van der Waals surface area (Å²) < 4.78 is 0. The minimum atomic E-state index is -1.33. The van der Waals surface area contributed by atoms with Gasteiger partial charge in [-0.05, 0) is 0 Å². The van der Waals surface area contributed by atoms with Crippen molar-refractivity contribution in [3.63, 3.8) is 0 Å². The van der Waals surface area contributed by atoms with Gasteiger partial charge in [-0.25, -0.2) is 9.59 Å². The van der Waals surface area contributed by atoms with Gasteiger partial charge in [0.25, 0.3) is 0 Å². The van der Waals surface area contributed by atoms with E-state index in [0.717, 1.165) is 0 Å². The molecule has 0 spiro atoms. The number of hydrogen-bond acceptors (Lipinski definition) is 5. The molecule has 14 heavy (non-hydrogen) atoms. The third kappa shape index (κ3) is 1120. The Kier molecular flexibility index (Phi) is 49.4. The van der Waals surface area contributed by atoms with Crippen molar-refractivity contribution in [3.05, 3.63) is 0 Å². The Bertz CT molecular complexity index is 107. The van der Waals surface area contributed by atoms with Crippen LogP contribution in [0.1, 0.15) is 0 Å². The minimum absolute atomic E-state index is 0.125. The Labute approximate surface area is 79.6 Å². The van der Waals surface area contributed by atoms with Gasteiger partial charge in [-0.15, -0.1) is 0 Å². The lowest BCUT2D eigenvalue weighted by Gasteiger charge is -1.70. The second kappa shape index (κ2) is 30.4. The molecular formula is C5H14N2O7. The summed E-state index contributed by atoms with van der Waals surface area (Å²) >= 11 is 0. The van der Waals surface area contributed by atoms with Gasteiger partial charge in [0.15, 0.2) is 0 Å². The van der Waals surface area contributed by atoms with Crippen molar-refractivity contribution in [3.8, 4) is 0 Å². The third-order valence-corrected chi connectivity index (χ3v) is 0.1000. The van der Waals surface area contributed by atoms with E-state index in [4.69, 9.17) is 34.8 Å². The van der Waals surface area contributed by atoms with Crippen LogP contribution in [0.15, 0.2) is 0 Å². The van der Waals surface area contributed by atoms with E-state index >= 15 is 0 Å². The summed E-state index contributed by atoms with van der Waals surface area (Å²) in [6.45, 7) is 1.75. The van der Waals surface area contributed by atoms with Gasteiger partial charge in [-0.2, -0.15) is 0 Å². The average molecular weight is 214 g/mol. The van der Waals surface area contributed by atoms with E-state index in [2.05, 4.69) is 11.5 Å². The fraction of sp³-hybridized carbons (Fsp3) is 0.400. The molecule has 0 aromatic heterocycles. The summed E-state index contributed by atoms with van der Waals surface area (Å²) in [6, 6.07) is 0. The lowest BCUT2D eigenvalue weighted by molar-refractivity contribution is -0.0980. The Hall–Kier alpha value is -1.87. The van der Waals surface area contributed by atoms with Crippen molar-refractivity contribution in [2.45, 2.75) is 0 Å². The molecule has 0 atom stereocenters. The zero-order valence-corrected chi connectivity index (χ0v) is 7.29. The van der Waals surface area contributed by atoms with Gasteiger partial charge in [-0.3, -0.25) is 0 Å². The molecule has 0 unspecified atom stereocenters. The van der Waals surface area contributed by atoms with Crippen molar-refractivity contribution in [1.82, 2.24) is 0 Å². The average Bonchev–Trinajstić information content (AvgIpc) is 2.05. The van der Waals surface area contributed by atoms with Gasteiger partial charge >= 0.3 is 12.2 Å². The van der Waals surface area contributed by atoms with Gasteiger partial charge in [0.05, 0.1) is 13.2 Å². The smallest absolute Gasteiger partial charge is 0.402 e. The number of aliphatic hydroxyl groups excluding tert-OH is 2. The number of carboxylic acid groups (broad SMARTS) is 2. The van der Waals surface area contributed by atoms with E-state index in [1.165, 1.54) is 0 Å². The lowest BCUT2D eigenvalue weighted by Crippen LogP contribution is -2.03. The number of nitrogens with two attached hydrogens (primary N) is 2. The van der Waals surface area contributed by atoms with Gasteiger partial charge in [0.1, 0.15) is 6.79 Å². The Morgan fingerprint density at radius 3 is 1.00 bits per heavy atom. The molecule has 0 heterocycles. The molecule has 9 heteroatoms. The third-order valence-electron chi connectivity index (χ3n) is 0.1000. The zero-order valence-electron chi connectivity index (χ0n) is 7.29. The molecule has 9 nitrogen and oxygen atoms in total. The molecule has 2 amide bonds. The summed E-state index contributed by atoms with van der Waals surface area (Å²) in [5.41, 5.74) is 8.06. The normalized spacial score (nSPS) is 5.86. The first-order chi connectivity index (χ1) is 6.38. The maximum atomic E-state index is 8.78. The second-order valence-electron chi connectivity index (χ2n) is 1.12. The van der Waals surface area contributed by atoms with Crippen molar-refractivity contribution in [2.75, 3.05) is 13.2 Å². The Balaban J connectivity index is -0.0000000492. The van der Waals surface area contributed by atoms with E-state index in [-0.39, 0.29) is 13.2 Å². The van der Waals surface area contributed by atoms with Gasteiger partial charge in [0, 0.05) is 0 Å². The van der Waals surface area contributed by atoms with Gasteiger partial charge in [-0.1, -0.05) is 0 Å². The van der Waals surface area contributed by atoms with Gasteiger partial charge in [0.2, 0.25) is 0 Å². The second-order valence-corrected chi connectivity index (χ2v) is 1.12. The van der Waals surface area contributed by atoms with E-state index in [1.54, 1.807) is 0 Å². The zero-order chi connectivity index (χ0) is 12.6. The van der Waals surface area contributed by atoms with Crippen molar-refractivity contribution < 1.29 is 34.8 Å². The van der Waals surface area contributed by atoms with Crippen molar-refractivity contribution >= 4 is 19.0 Å². The summed E-state index contributed by atoms with van der Waals surface area (Å²) in [4.78, 5) is 25.6. The van der Waals surface area contributed by atoms with Gasteiger partial charge < -0.3 is 36.7 Å². The predicted octanol–water partition coefficient (Wildman–Crippen LogP) is -1.97. The summed E-state index contributed by atoms with van der Waals surface area (Å²) in [5.74, 6) is 0. The number of primary amides is 2. The standard InChI is InChI=1S/C2H6O2.2CH3NO2.CH2O/c3-1-2-4;2*2-1(3)4;1-2/h3-4H,1-2H2;2*2H2,(H,3,4);1H2. The van der Waals surface area contributed by atoms with Crippen LogP contribution in [0.25, 0.3) is 0 Å². The SMILES string of the molecule is C=O.NC(=O)O.NC(=O)O.OCCO. The van der Waals surface area contributed by atoms with Crippen LogP contribution in [0.3, 0.4) is 0 Å². The number of aliphatic hydroxyl groups is 2. The van der Waals surface area contributed by atoms with Crippen LogP contribution in [-0.2, 0) is 4.79 Å². The molecule has 0 rings (SSSR count). The molecule has 0 saturated heterocycles. The van der Waals surface area contributed by atoms with Crippen LogP contribution in [0.2, 0.25) is 0 Å². The molecule has 0 aliphatic carbocycles. The molecule has 0 bridgehead atoms. The maximum absolute atomic E-state index is 8.78. The van der Waals surface area contributed by atoms with E-state index in [1.807, 2.05) is 6.79 Å². The highest BCUT2D eigenvalue weighted by atomic mass is 16.4. The number of hydrogen-bond donors (Lipinski definition) is 6. The maximum Gasteiger partial charge on any atom is 0.402 e. The molecule has 0 saturated carbocycles. The molecule has 0 aromatic rings. The van der Waals surface area contributed by atoms with E-state index < -0.39 is 12.2 Å². The summed E-state index contributed by atoms with van der Waals surface area (Å²) in [5, 5.41) is 29.6. The fourth-order valence-corrected chi connectivity index (χ4v) is 0. The summed E-state index contributed by atoms with van der Waals surface area (Å²) in [7, 11) is 0. The Morgan fingerprint density at radius 1 is 0.929 bits per heavy atom. The molecule has 0 aliphatic heterocycles. The van der Waals surface area contributed by atoms with E-state index in [0.29, 0.717) is 0 Å². The topological polar surface area (TPSA) is 184 Å². The largest absolute Gasteiger partial charge is 0.465 e. The van der Waals surface area contributed by atoms with E-state index in [9.17, 15) is 0 Å². The number of carbonyl (C=O) groups excluding carboxylic acids is 1. The molecule has 0 radical (unpaired) electrons. The first kappa shape index (κ1) is 22.7. The molecule has 0 aliphatic rings. The highest BCUT2D eigenvalue weighted by Gasteiger charge is 1.65. The fourth-order valence-electron chi connectivity index (χ4n) is 0. The number of carbonyl (C=O) groups is 3. The molecular weight excluding hydrogens is 200 g/mol. The van der Waals surface area contributed by atoms with Crippen molar-refractivity contribution in [1.29, 1.82) is 0 Å². The highest BCUT2D eigenvalue weighted by molar-refractivity contribution is 5.61. The van der Waals surface area contributed by atoms with Crippen LogP contribution in [0.5, 0.6) is 0 Å². The molecule has 86 valence electrons. The van der Waals surface area contributed by atoms with Crippen LogP contribution >= 0.6 is 0 Å². The molecule has 8 N–H and O–H groups in total. The summed E-state index contributed by atoms with van der Waals surface area (Å²) in [6.07, 6.45) is -2.67. The molecule has 0 fully saturated rings. The highest BCUT2D eigenvalue weighted by Crippen LogP contribution is 1.39. The van der Waals surface area contributed by atoms with Crippen LogP contribution < -0.4 is 11.5 Å². The first-order valence-electron chi connectivity index (χ1n) is 2.85. The van der Waals surface area contributed by atoms with Crippen LogP contribution in [-0.4, -0.2) is 52.6 Å². The number of amides is 2. The predicted molar refractivity (Wildman–Crippen MR) is 45.7 cm³/mol. The quantitative estimate of drug-likeness (QED) is 0.292. The number of rotatable bonds is 1. The monoisotopic (exact) mass is 214 g/mol. The lowest BCUT2D eigenvalue weighted by atomic mass is 10.8. The van der Waals surface area contributed by atoms with Crippen LogP contribution in [0, 0.1) is 0 Å². The minimum Gasteiger partial charge on any atom is -0.465 e.